The van der Waals surface area contributed by atoms with Crippen molar-refractivity contribution >= 4 is 106 Å². The minimum Gasteiger partial charge on any atom is -0.777 e. The molecule has 26 heteroatoms. The fourth-order valence-corrected chi connectivity index (χ4v) is 8.20. The number of nitrogens with zero attached hydrogens (tertiary/aromatic N) is 4. The Kier molecular flexibility index (Phi) is 16.0. The number of methoxy groups -OCH3 is 2. The number of aromatic hydroxyl groups is 1. The molecule has 0 amide bonds. The molecule has 4 rings (SSSR count). The minimum atomic E-state index is -4.87. The Labute approximate surface area is 342 Å². The number of nitrogens with one attached hydrogen (secondary N) is 1. The summed E-state index contributed by atoms with van der Waals surface area (Å²) in [6.45, 7) is -1.36. The minimum absolute atomic E-state index is 0. The van der Waals surface area contributed by atoms with Gasteiger partial charge in [-0.2, -0.15) is 21.9 Å². The number of hydrogen-bond donors (Lipinski definition) is 5. The van der Waals surface area contributed by atoms with Crippen molar-refractivity contribution in [2.24, 2.45) is 20.5 Å². The van der Waals surface area contributed by atoms with E-state index in [-0.39, 0.29) is 80.7 Å². The van der Waals surface area contributed by atoms with Crippen LogP contribution in [-0.4, -0.2) is 89.7 Å². The number of phenolic OH excluding ortho intramolecular Hbond substituents is 1. The van der Waals surface area contributed by atoms with Crippen LogP contribution in [-0.2, 0) is 82.2 Å². The van der Waals surface area contributed by atoms with Gasteiger partial charge in [0.1, 0.15) is 27.8 Å². The van der Waals surface area contributed by atoms with Gasteiger partial charge < -0.3 is 32.5 Å². The first-order valence-electron chi connectivity index (χ1n) is 14.7. The van der Waals surface area contributed by atoms with Crippen molar-refractivity contribution in [1.82, 2.24) is 0 Å². The van der Waals surface area contributed by atoms with Gasteiger partial charge in [0.15, 0.2) is 15.6 Å². The third-order valence-electron chi connectivity index (χ3n) is 7.05. The number of azo groups is 2. The van der Waals surface area contributed by atoms with Gasteiger partial charge in [0.05, 0.1) is 72.2 Å². The van der Waals surface area contributed by atoms with E-state index >= 15 is 0 Å². The quantitative estimate of drug-likeness (QED) is 0.0396. The van der Waals surface area contributed by atoms with Crippen LogP contribution in [0.25, 0.3) is 10.8 Å². The molecule has 0 aliphatic rings. The molecule has 0 aliphatic carbocycles. The van der Waals surface area contributed by atoms with E-state index in [4.69, 9.17) is 31.2 Å². The molecule has 0 aromatic heterocycles. The Balaban J connectivity index is 0.00000812. The van der Waals surface area contributed by atoms with Gasteiger partial charge >= 0.3 is 40.6 Å². The summed E-state index contributed by atoms with van der Waals surface area (Å²) in [5.74, 6) is -1.71. The summed E-state index contributed by atoms with van der Waals surface area (Å²) in [5, 5.41) is 32.0. The SMILES string of the molecule is CNc1c(N=Nc2ccc(S(=O)CCOS(=O)(=O)O)cc2)c([S-])cc2cc(S)c(N=Nc3cc(OC)c(S(=O)(=O)CCOS(=O)(=O)O)cc3OC)c(O)c12.[Os+]. The van der Waals surface area contributed by atoms with Crippen LogP contribution >= 0.6 is 12.6 Å². The molecule has 55 heavy (non-hydrogen) atoms. The topological polar surface area (TPSA) is 279 Å². The van der Waals surface area contributed by atoms with E-state index in [0.717, 1.165) is 6.07 Å². The summed E-state index contributed by atoms with van der Waals surface area (Å²) in [6, 6.07) is 11.4. The number of hydrogen-bond acceptors (Lipinski definition) is 19. The first-order valence-corrected chi connectivity index (χ1v) is 21.3. The summed E-state index contributed by atoms with van der Waals surface area (Å²) in [5.41, 5.74) is 0.644. The van der Waals surface area contributed by atoms with E-state index in [1.807, 2.05) is 0 Å². The van der Waals surface area contributed by atoms with Gasteiger partial charge in [0.2, 0.25) is 0 Å². The second-order valence-electron chi connectivity index (χ2n) is 10.5. The molecule has 0 spiro atoms. The van der Waals surface area contributed by atoms with Crippen LogP contribution in [0.5, 0.6) is 17.2 Å². The van der Waals surface area contributed by atoms with Gasteiger partial charge in [-0.1, -0.05) is 6.07 Å². The largest absolute Gasteiger partial charge is 1.00 e. The van der Waals surface area contributed by atoms with Crippen molar-refractivity contribution in [1.29, 1.82) is 0 Å². The number of sulfone groups is 1. The summed E-state index contributed by atoms with van der Waals surface area (Å²) in [7, 11) is -11.4. The van der Waals surface area contributed by atoms with Crippen LogP contribution in [0.15, 0.2) is 88.6 Å². The third-order valence-corrected chi connectivity index (χ3v) is 11.7. The van der Waals surface area contributed by atoms with Crippen LogP contribution in [0.2, 0.25) is 0 Å². The maximum absolute atomic E-state index is 13.0. The normalized spacial score (nSPS) is 12.9. The summed E-state index contributed by atoms with van der Waals surface area (Å²) in [6.07, 6.45) is 0. The van der Waals surface area contributed by atoms with Crippen LogP contribution in [0.3, 0.4) is 0 Å². The zero-order chi connectivity index (χ0) is 40.0. The van der Waals surface area contributed by atoms with E-state index in [0.29, 0.717) is 16.0 Å². The number of phenols is 1. The molecule has 4 aromatic rings. The molecule has 1 unspecified atom stereocenters. The second kappa shape index (κ2) is 19.2. The Bertz CT molecular complexity index is 2490. The Hall–Kier alpha value is -3.41. The van der Waals surface area contributed by atoms with E-state index in [1.54, 1.807) is 19.2 Å². The molecule has 4 aromatic carbocycles. The predicted octanol–water partition coefficient (Wildman–Crippen LogP) is 5.15. The van der Waals surface area contributed by atoms with Gasteiger partial charge in [0.25, 0.3) is 0 Å². The van der Waals surface area contributed by atoms with Gasteiger partial charge in [-0.15, -0.1) is 32.9 Å². The molecule has 0 saturated heterocycles. The molecule has 1 atom stereocenters. The van der Waals surface area contributed by atoms with Crippen molar-refractivity contribution in [2.45, 2.75) is 19.6 Å². The second-order valence-corrected chi connectivity index (χ2v) is 17.2. The number of benzene rings is 4. The maximum Gasteiger partial charge on any atom is 1.00 e. The Morgan fingerprint density at radius 3 is 2.02 bits per heavy atom. The van der Waals surface area contributed by atoms with Crippen LogP contribution in [0, 0.1) is 0 Å². The average Bonchev–Trinajstić information content (AvgIpc) is 3.09. The van der Waals surface area contributed by atoms with Crippen molar-refractivity contribution in [3.63, 3.8) is 0 Å². The van der Waals surface area contributed by atoms with E-state index in [1.165, 1.54) is 44.6 Å². The van der Waals surface area contributed by atoms with Crippen molar-refractivity contribution in [2.75, 3.05) is 51.3 Å². The molecule has 0 fully saturated rings. The summed E-state index contributed by atoms with van der Waals surface area (Å²) >= 11 is 10.0. The first-order chi connectivity index (χ1) is 25.3. The molecule has 0 bridgehead atoms. The summed E-state index contributed by atoms with van der Waals surface area (Å²) < 4.78 is 118. The van der Waals surface area contributed by atoms with Crippen LogP contribution in [0.1, 0.15) is 0 Å². The third kappa shape index (κ3) is 12.0. The molecule has 1 radical (unpaired) electrons. The van der Waals surface area contributed by atoms with Crippen molar-refractivity contribution in [3.05, 3.63) is 48.5 Å². The zero-order valence-electron chi connectivity index (χ0n) is 28.4. The standard InChI is InChI=1S/C29H31N5O14S6.Os/c1-30-28-25-16(12-22(49)26(28)33-31-17-4-6-18(7-5-17)51(36)10-8-47-53(39,40)41)13-23(50)27(29(25)35)34-32-19-14-21(46-3)24(15-20(19)45-2)52(37,38)11-9-48-54(42,43)44;/h4-7,12-15,30,35,49-50H,8-11H2,1-3H3,(H,39,40,41)(H,42,43,44);/q;+1/p-1. The van der Waals surface area contributed by atoms with E-state index < -0.39 is 65.3 Å². The number of thiol groups is 1. The first kappa shape index (κ1) is 46.0. The number of ether oxygens (including phenoxy) is 2. The van der Waals surface area contributed by atoms with Crippen molar-refractivity contribution < 1.29 is 81.3 Å². The zero-order valence-corrected chi connectivity index (χ0v) is 35.9. The van der Waals surface area contributed by atoms with Crippen LogP contribution in [0.4, 0.5) is 28.4 Å². The smallest absolute Gasteiger partial charge is 0.777 e. The fraction of sp³-hybridized carbons (Fsp3) is 0.241. The molecule has 4 N–H and O–H groups in total. The fourth-order valence-electron chi connectivity index (χ4n) is 4.68. The van der Waals surface area contributed by atoms with E-state index in [2.05, 4.69) is 46.8 Å². The van der Waals surface area contributed by atoms with Gasteiger partial charge in [-0.25, -0.2) is 16.8 Å². The Morgan fingerprint density at radius 2 is 1.44 bits per heavy atom. The monoisotopic (exact) mass is 1060 g/mol. The maximum atomic E-state index is 13.0. The number of rotatable bonds is 17. The number of fused-ring (bicyclic) bond motifs is 1. The number of anilines is 1. The van der Waals surface area contributed by atoms with Crippen LogP contribution < -0.4 is 14.8 Å². The molecule has 19 nitrogen and oxygen atoms in total. The van der Waals surface area contributed by atoms with Gasteiger partial charge in [-0.3, -0.25) is 13.3 Å². The van der Waals surface area contributed by atoms with Crippen molar-refractivity contribution in [3.8, 4) is 17.2 Å². The van der Waals surface area contributed by atoms with E-state index in [9.17, 15) is 34.6 Å². The molecule has 0 heterocycles. The van der Waals surface area contributed by atoms with Gasteiger partial charge in [0, 0.05) is 29.0 Å². The summed E-state index contributed by atoms with van der Waals surface area (Å²) in [4.78, 5) is 0.386. The molecular weight excluding hydrogens is 1020 g/mol. The molecule has 299 valence electrons. The Morgan fingerprint density at radius 1 is 0.836 bits per heavy atom. The molecular formula is C29H30N5O14OsS6. The molecule has 0 aliphatic heterocycles. The predicted molar refractivity (Wildman–Crippen MR) is 201 cm³/mol. The van der Waals surface area contributed by atoms with Gasteiger partial charge in [-0.05, 0) is 35.7 Å². The molecule has 0 saturated carbocycles. The average molecular weight is 1060 g/mol.